The van der Waals surface area contributed by atoms with Crippen LogP contribution >= 0.6 is 0 Å². The molecule has 1 saturated heterocycles. The predicted molar refractivity (Wildman–Crippen MR) is 62.9 cm³/mol. The second-order valence-electron chi connectivity index (χ2n) is 4.55. The number of hydrogen-bond acceptors (Lipinski definition) is 3. The summed E-state index contributed by atoms with van der Waals surface area (Å²) in [6.07, 6.45) is 1.77. The van der Waals surface area contributed by atoms with Gasteiger partial charge in [0.2, 0.25) is 0 Å². The van der Waals surface area contributed by atoms with Crippen molar-refractivity contribution < 1.29 is 14.6 Å². The molecular weight excluding hydrogens is 221 g/mol. The third-order valence-electron chi connectivity index (χ3n) is 3.45. The van der Waals surface area contributed by atoms with E-state index in [0.717, 1.165) is 18.4 Å². The summed E-state index contributed by atoms with van der Waals surface area (Å²) in [6.45, 7) is 0.756. The number of halogens is 1. The predicted octanol–water partition coefficient (Wildman–Crippen LogP) is 1.14. The molecule has 1 heterocycles. The summed E-state index contributed by atoms with van der Waals surface area (Å²) in [5, 5.41) is 18.6. The van der Waals surface area contributed by atoms with Gasteiger partial charge in [-0.3, -0.25) is 4.90 Å². The van der Waals surface area contributed by atoms with Gasteiger partial charge in [0, 0.05) is 18.6 Å². The molecule has 94 valence electrons. The van der Waals surface area contributed by atoms with Crippen LogP contribution in [0.2, 0.25) is 0 Å². The number of likely N-dealkylation sites (tertiary alicyclic amines) is 1. The van der Waals surface area contributed by atoms with Crippen LogP contribution in [0.5, 0.6) is 0 Å². The van der Waals surface area contributed by atoms with Gasteiger partial charge in [0.05, 0.1) is 13.2 Å². The van der Waals surface area contributed by atoms with E-state index < -0.39 is 0 Å². The highest BCUT2D eigenvalue weighted by molar-refractivity contribution is 5.16. The van der Waals surface area contributed by atoms with Crippen LogP contribution in [0.3, 0.4) is 0 Å². The zero-order chi connectivity index (χ0) is 12.3. The number of aliphatic hydroxyl groups excluding tert-OH is 2. The van der Waals surface area contributed by atoms with Crippen molar-refractivity contribution in [2.24, 2.45) is 0 Å². The molecule has 0 radical (unpaired) electrons. The molecule has 0 aliphatic carbocycles. The van der Waals surface area contributed by atoms with Gasteiger partial charge in [0.1, 0.15) is 5.82 Å². The summed E-state index contributed by atoms with van der Waals surface area (Å²) in [5.41, 5.74) is 0.879. The Hall–Kier alpha value is -0.970. The van der Waals surface area contributed by atoms with E-state index in [1.54, 1.807) is 6.07 Å². The molecule has 0 amide bonds. The van der Waals surface area contributed by atoms with Gasteiger partial charge < -0.3 is 10.2 Å². The second kappa shape index (κ2) is 5.58. The van der Waals surface area contributed by atoms with Crippen molar-refractivity contribution in [3.05, 3.63) is 35.6 Å². The minimum atomic E-state index is -0.247. The van der Waals surface area contributed by atoms with Crippen LogP contribution < -0.4 is 0 Å². The van der Waals surface area contributed by atoms with Crippen molar-refractivity contribution in [2.45, 2.75) is 31.5 Å². The minimum Gasteiger partial charge on any atom is -0.395 e. The smallest absolute Gasteiger partial charge is 0.123 e. The first-order valence-corrected chi connectivity index (χ1v) is 5.96. The largest absolute Gasteiger partial charge is 0.395 e. The summed E-state index contributed by atoms with van der Waals surface area (Å²) < 4.78 is 13.1. The molecule has 0 unspecified atom stereocenters. The van der Waals surface area contributed by atoms with E-state index in [2.05, 4.69) is 4.90 Å². The van der Waals surface area contributed by atoms with Crippen LogP contribution in [0.4, 0.5) is 4.39 Å². The maximum Gasteiger partial charge on any atom is 0.123 e. The molecule has 0 aromatic heterocycles. The molecule has 2 rings (SSSR count). The average molecular weight is 239 g/mol. The topological polar surface area (TPSA) is 43.7 Å². The zero-order valence-corrected chi connectivity index (χ0v) is 9.72. The van der Waals surface area contributed by atoms with Crippen molar-refractivity contribution in [1.82, 2.24) is 4.90 Å². The molecule has 3 nitrogen and oxygen atoms in total. The van der Waals surface area contributed by atoms with Crippen molar-refractivity contribution in [3.8, 4) is 0 Å². The normalized spacial score (nSPS) is 25.4. The lowest BCUT2D eigenvalue weighted by Gasteiger charge is -2.28. The van der Waals surface area contributed by atoms with E-state index in [1.807, 2.05) is 6.07 Å². The average Bonchev–Trinajstić information content (AvgIpc) is 2.71. The van der Waals surface area contributed by atoms with Gasteiger partial charge in [-0.1, -0.05) is 12.1 Å². The Morgan fingerprint density at radius 1 is 1.18 bits per heavy atom. The third kappa shape index (κ3) is 2.83. The number of nitrogens with zero attached hydrogens (tertiary/aromatic N) is 1. The molecule has 1 aliphatic heterocycles. The minimum absolute atomic E-state index is 0.0791. The maximum atomic E-state index is 13.1. The maximum absolute atomic E-state index is 13.1. The van der Waals surface area contributed by atoms with Crippen LogP contribution in [0.25, 0.3) is 0 Å². The summed E-state index contributed by atoms with van der Waals surface area (Å²) in [4.78, 5) is 2.06. The Balaban J connectivity index is 2.09. The van der Waals surface area contributed by atoms with E-state index in [9.17, 15) is 14.6 Å². The van der Waals surface area contributed by atoms with E-state index in [4.69, 9.17) is 0 Å². The Bertz CT molecular complexity index is 360. The van der Waals surface area contributed by atoms with Gasteiger partial charge in [0.15, 0.2) is 0 Å². The molecule has 0 saturated carbocycles. The molecule has 2 N–H and O–H groups in total. The summed E-state index contributed by atoms with van der Waals surface area (Å²) in [6, 6.07) is 6.63. The highest BCUT2D eigenvalue weighted by Crippen LogP contribution is 2.25. The van der Waals surface area contributed by atoms with Crippen molar-refractivity contribution in [3.63, 3.8) is 0 Å². The number of aliphatic hydroxyl groups is 2. The Morgan fingerprint density at radius 3 is 2.35 bits per heavy atom. The molecule has 0 spiro atoms. The molecule has 1 aromatic carbocycles. The fourth-order valence-corrected chi connectivity index (χ4v) is 2.51. The number of rotatable bonds is 4. The second-order valence-corrected chi connectivity index (χ2v) is 4.55. The van der Waals surface area contributed by atoms with E-state index in [0.29, 0.717) is 6.54 Å². The van der Waals surface area contributed by atoms with Gasteiger partial charge in [-0.2, -0.15) is 0 Å². The summed E-state index contributed by atoms with van der Waals surface area (Å²) in [7, 11) is 0. The van der Waals surface area contributed by atoms with Gasteiger partial charge >= 0.3 is 0 Å². The molecule has 17 heavy (non-hydrogen) atoms. The monoisotopic (exact) mass is 239 g/mol. The number of benzene rings is 1. The van der Waals surface area contributed by atoms with Crippen molar-refractivity contribution in [2.75, 3.05) is 13.2 Å². The van der Waals surface area contributed by atoms with E-state index in [-0.39, 0.29) is 31.1 Å². The lowest BCUT2D eigenvalue weighted by atomic mass is 10.2. The molecule has 2 atom stereocenters. The molecule has 4 heteroatoms. The van der Waals surface area contributed by atoms with Gasteiger partial charge in [-0.15, -0.1) is 0 Å². The molecule has 1 aliphatic rings. The van der Waals surface area contributed by atoms with Crippen LogP contribution in [0, 0.1) is 5.82 Å². The molecule has 1 fully saturated rings. The zero-order valence-electron chi connectivity index (χ0n) is 9.72. The lowest BCUT2D eigenvalue weighted by Crippen LogP contribution is -2.39. The van der Waals surface area contributed by atoms with Crippen LogP contribution in [0.15, 0.2) is 24.3 Å². The summed E-state index contributed by atoms with van der Waals surface area (Å²) >= 11 is 0. The third-order valence-corrected chi connectivity index (χ3v) is 3.45. The highest BCUT2D eigenvalue weighted by Gasteiger charge is 2.32. The first kappa shape index (κ1) is 12.5. The first-order chi connectivity index (χ1) is 8.24. The Morgan fingerprint density at radius 2 is 1.82 bits per heavy atom. The SMILES string of the molecule is OC[C@@H]1CC[C@@H](CO)N1Cc1cccc(F)c1. The molecule has 0 bridgehead atoms. The molecule has 1 aromatic rings. The van der Waals surface area contributed by atoms with Crippen LogP contribution in [-0.2, 0) is 6.54 Å². The van der Waals surface area contributed by atoms with Gasteiger partial charge in [-0.25, -0.2) is 4.39 Å². The van der Waals surface area contributed by atoms with E-state index >= 15 is 0 Å². The quantitative estimate of drug-likeness (QED) is 0.828. The highest BCUT2D eigenvalue weighted by atomic mass is 19.1. The fourth-order valence-electron chi connectivity index (χ4n) is 2.51. The van der Waals surface area contributed by atoms with Crippen molar-refractivity contribution >= 4 is 0 Å². The standard InChI is InChI=1S/C13H18FNO2/c14-11-3-1-2-10(6-11)7-15-12(8-16)4-5-13(15)9-17/h1-3,6,12-13,16-17H,4-5,7-9H2/t12-,13-/m0/s1. The fraction of sp³-hybridized carbons (Fsp3) is 0.538. The van der Waals surface area contributed by atoms with Crippen molar-refractivity contribution in [1.29, 1.82) is 0 Å². The van der Waals surface area contributed by atoms with Gasteiger partial charge in [-0.05, 0) is 30.5 Å². The Kier molecular flexibility index (Phi) is 4.10. The lowest BCUT2D eigenvalue weighted by molar-refractivity contribution is 0.0902. The first-order valence-electron chi connectivity index (χ1n) is 5.96. The van der Waals surface area contributed by atoms with Crippen LogP contribution in [-0.4, -0.2) is 40.4 Å². The number of hydrogen-bond donors (Lipinski definition) is 2. The van der Waals surface area contributed by atoms with E-state index in [1.165, 1.54) is 12.1 Å². The Labute approximate surface area is 100 Å². The summed E-state index contributed by atoms with van der Waals surface area (Å²) in [5.74, 6) is -0.247. The van der Waals surface area contributed by atoms with Crippen LogP contribution in [0.1, 0.15) is 18.4 Å². The van der Waals surface area contributed by atoms with Gasteiger partial charge in [0.25, 0.3) is 0 Å². The molecular formula is C13H18FNO2.